The van der Waals surface area contributed by atoms with E-state index in [1.807, 2.05) is 12.1 Å². The number of hydrogen-bond acceptors (Lipinski definition) is 4. The molecule has 0 N–H and O–H groups in total. The monoisotopic (exact) mass is 368 g/mol. The van der Waals surface area contributed by atoms with Crippen molar-refractivity contribution >= 4 is 11.6 Å². The van der Waals surface area contributed by atoms with E-state index >= 15 is 0 Å². The Morgan fingerprint density at radius 3 is 2.77 bits per heavy atom. The highest BCUT2D eigenvalue weighted by Crippen LogP contribution is 2.39. The standard InChI is InChI=1S/C19H21ClN6/c1-2-15-13-9-11-25-18(14-8-5-10-21-17(14)20)22-23-19(25)16(13)26(24-15)12-6-3-4-7-12/h5,8,10,12H,2-4,6-7,9,11H2,1H3. The molecule has 0 bridgehead atoms. The summed E-state index contributed by atoms with van der Waals surface area (Å²) < 4.78 is 4.42. The first-order valence-electron chi connectivity index (χ1n) is 9.42. The second-order valence-electron chi connectivity index (χ2n) is 7.10. The second kappa shape index (κ2) is 6.20. The summed E-state index contributed by atoms with van der Waals surface area (Å²) in [7, 11) is 0. The summed E-state index contributed by atoms with van der Waals surface area (Å²) in [6.45, 7) is 3.03. The van der Waals surface area contributed by atoms with Crippen LogP contribution < -0.4 is 0 Å². The predicted octanol–water partition coefficient (Wildman–Crippen LogP) is 4.09. The molecule has 0 atom stereocenters. The SMILES string of the molecule is CCc1nn(C2CCCC2)c2c1CCn1c(-c3cccnc3Cl)nnc1-2. The normalized spacial score (nSPS) is 16.7. The molecule has 4 heterocycles. The highest BCUT2D eigenvalue weighted by atomic mass is 35.5. The van der Waals surface area contributed by atoms with Gasteiger partial charge in [0.25, 0.3) is 0 Å². The minimum absolute atomic E-state index is 0.465. The van der Waals surface area contributed by atoms with Crippen LogP contribution in [0.5, 0.6) is 0 Å². The van der Waals surface area contributed by atoms with Crippen LogP contribution in [-0.2, 0) is 19.4 Å². The number of fused-ring (bicyclic) bond motifs is 3. The zero-order chi connectivity index (χ0) is 17.7. The van der Waals surface area contributed by atoms with E-state index < -0.39 is 0 Å². The average Bonchev–Trinajstić information content (AvgIpc) is 3.39. The molecule has 0 spiro atoms. The fourth-order valence-corrected chi connectivity index (χ4v) is 4.58. The molecule has 3 aromatic rings. The molecular weight excluding hydrogens is 348 g/mol. The minimum Gasteiger partial charge on any atom is -0.305 e. The van der Waals surface area contributed by atoms with Gasteiger partial charge >= 0.3 is 0 Å². The molecule has 26 heavy (non-hydrogen) atoms. The molecule has 134 valence electrons. The van der Waals surface area contributed by atoms with Gasteiger partial charge in [0.1, 0.15) is 10.8 Å². The average molecular weight is 369 g/mol. The summed E-state index contributed by atoms with van der Waals surface area (Å²) in [5.41, 5.74) is 4.56. The van der Waals surface area contributed by atoms with Gasteiger partial charge in [0, 0.05) is 18.3 Å². The van der Waals surface area contributed by atoms with Crippen LogP contribution in [-0.4, -0.2) is 29.5 Å². The molecule has 7 heteroatoms. The van der Waals surface area contributed by atoms with Crippen LogP contribution in [0.15, 0.2) is 18.3 Å². The molecule has 1 saturated carbocycles. The highest BCUT2D eigenvalue weighted by molar-refractivity contribution is 6.31. The molecule has 0 aromatic carbocycles. The van der Waals surface area contributed by atoms with Crippen molar-refractivity contribution in [2.75, 3.05) is 0 Å². The van der Waals surface area contributed by atoms with Crippen molar-refractivity contribution in [3.8, 4) is 22.9 Å². The highest BCUT2D eigenvalue weighted by Gasteiger charge is 2.32. The summed E-state index contributed by atoms with van der Waals surface area (Å²) in [5, 5.41) is 14.5. The fraction of sp³-hybridized carbons (Fsp3) is 0.474. The van der Waals surface area contributed by atoms with Gasteiger partial charge in [0.15, 0.2) is 11.6 Å². The summed E-state index contributed by atoms with van der Waals surface area (Å²) in [6, 6.07) is 4.32. The van der Waals surface area contributed by atoms with E-state index in [0.717, 1.165) is 36.6 Å². The van der Waals surface area contributed by atoms with Gasteiger partial charge in [-0.15, -0.1) is 10.2 Å². The van der Waals surface area contributed by atoms with Crippen LogP contribution >= 0.6 is 11.6 Å². The lowest BCUT2D eigenvalue weighted by molar-refractivity contribution is 0.464. The first kappa shape index (κ1) is 16.0. The van der Waals surface area contributed by atoms with E-state index in [1.54, 1.807) is 6.20 Å². The van der Waals surface area contributed by atoms with Crippen molar-refractivity contribution in [3.05, 3.63) is 34.7 Å². The van der Waals surface area contributed by atoms with Crippen LogP contribution in [0.4, 0.5) is 0 Å². The second-order valence-corrected chi connectivity index (χ2v) is 7.46. The molecule has 0 radical (unpaired) electrons. The summed E-state index contributed by atoms with van der Waals surface area (Å²) in [6.07, 6.45) is 8.58. The van der Waals surface area contributed by atoms with E-state index in [1.165, 1.54) is 42.6 Å². The van der Waals surface area contributed by atoms with Crippen LogP contribution in [0.25, 0.3) is 22.9 Å². The van der Waals surface area contributed by atoms with E-state index in [4.69, 9.17) is 16.7 Å². The number of nitrogens with zero attached hydrogens (tertiary/aromatic N) is 6. The first-order valence-corrected chi connectivity index (χ1v) is 9.80. The number of aryl methyl sites for hydroxylation is 1. The largest absolute Gasteiger partial charge is 0.305 e. The molecule has 1 aliphatic heterocycles. The summed E-state index contributed by atoms with van der Waals surface area (Å²) in [5.74, 6) is 1.71. The van der Waals surface area contributed by atoms with Crippen LogP contribution in [0.2, 0.25) is 5.15 Å². The van der Waals surface area contributed by atoms with Gasteiger partial charge in [-0.3, -0.25) is 4.68 Å². The topological polar surface area (TPSA) is 61.4 Å². The van der Waals surface area contributed by atoms with Crippen molar-refractivity contribution in [2.45, 2.75) is 58.0 Å². The molecule has 3 aromatic heterocycles. The smallest absolute Gasteiger partial charge is 0.182 e. The molecule has 6 nitrogen and oxygen atoms in total. The van der Waals surface area contributed by atoms with Gasteiger partial charge in [0.2, 0.25) is 0 Å². The van der Waals surface area contributed by atoms with Crippen molar-refractivity contribution in [1.82, 2.24) is 29.5 Å². The first-order chi connectivity index (χ1) is 12.8. The van der Waals surface area contributed by atoms with Gasteiger partial charge in [-0.1, -0.05) is 31.4 Å². The lowest BCUT2D eigenvalue weighted by atomic mass is 10.0. The van der Waals surface area contributed by atoms with E-state index in [0.29, 0.717) is 11.2 Å². The third-order valence-electron chi connectivity index (χ3n) is 5.65. The maximum Gasteiger partial charge on any atom is 0.182 e. The number of pyridine rings is 1. The Kier molecular flexibility index (Phi) is 3.81. The predicted molar refractivity (Wildman–Crippen MR) is 100 cm³/mol. The molecular formula is C19H21ClN6. The van der Waals surface area contributed by atoms with Gasteiger partial charge in [-0.25, -0.2) is 4.98 Å². The van der Waals surface area contributed by atoms with E-state index in [2.05, 4.69) is 31.4 Å². The van der Waals surface area contributed by atoms with Gasteiger partial charge in [0.05, 0.1) is 17.3 Å². The van der Waals surface area contributed by atoms with Gasteiger partial charge < -0.3 is 4.57 Å². The molecule has 2 aliphatic rings. The van der Waals surface area contributed by atoms with Gasteiger partial charge in [-0.2, -0.15) is 5.10 Å². The van der Waals surface area contributed by atoms with Crippen molar-refractivity contribution in [2.24, 2.45) is 0 Å². The fourth-order valence-electron chi connectivity index (χ4n) is 4.38. The lowest BCUT2D eigenvalue weighted by Gasteiger charge is -2.20. The lowest BCUT2D eigenvalue weighted by Crippen LogP contribution is -2.16. The van der Waals surface area contributed by atoms with E-state index in [-0.39, 0.29) is 0 Å². The Labute approximate surface area is 157 Å². The molecule has 5 rings (SSSR count). The van der Waals surface area contributed by atoms with Crippen molar-refractivity contribution in [3.63, 3.8) is 0 Å². The molecule has 0 amide bonds. The Bertz CT molecular complexity index is 967. The summed E-state index contributed by atoms with van der Waals surface area (Å²) in [4.78, 5) is 4.19. The molecule has 0 saturated heterocycles. The number of rotatable bonds is 3. The molecule has 0 unspecified atom stereocenters. The number of aromatic nitrogens is 6. The Morgan fingerprint density at radius 1 is 1.19 bits per heavy atom. The zero-order valence-electron chi connectivity index (χ0n) is 14.8. The van der Waals surface area contributed by atoms with Crippen LogP contribution in [0, 0.1) is 0 Å². The van der Waals surface area contributed by atoms with Crippen LogP contribution in [0.3, 0.4) is 0 Å². The Morgan fingerprint density at radius 2 is 2.00 bits per heavy atom. The molecule has 1 fully saturated rings. The van der Waals surface area contributed by atoms with Crippen molar-refractivity contribution in [1.29, 1.82) is 0 Å². The number of halogens is 1. The maximum absolute atomic E-state index is 6.31. The van der Waals surface area contributed by atoms with Crippen molar-refractivity contribution < 1.29 is 0 Å². The third-order valence-corrected chi connectivity index (χ3v) is 5.95. The minimum atomic E-state index is 0.465. The third kappa shape index (κ3) is 2.31. The quantitative estimate of drug-likeness (QED) is 0.653. The van der Waals surface area contributed by atoms with Crippen LogP contribution in [0.1, 0.15) is 49.9 Å². The Balaban J connectivity index is 1.68. The summed E-state index contributed by atoms with van der Waals surface area (Å²) >= 11 is 6.31. The Hall–Kier alpha value is -2.21. The zero-order valence-corrected chi connectivity index (χ0v) is 15.6. The molecule has 1 aliphatic carbocycles. The maximum atomic E-state index is 6.31. The van der Waals surface area contributed by atoms with Gasteiger partial charge in [-0.05, 0) is 37.8 Å². The number of hydrogen-bond donors (Lipinski definition) is 0. The van der Waals surface area contributed by atoms with E-state index in [9.17, 15) is 0 Å².